The zero-order valence-electron chi connectivity index (χ0n) is 24.6. The average molecular weight is 614 g/mol. The molecule has 5 rings (SSSR count). The van der Waals surface area contributed by atoms with Crippen molar-refractivity contribution >= 4 is 52.9 Å². The van der Waals surface area contributed by atoms with Gasteiger partial charge in [-0.15, -0.1) is 0 Å². The predicted octanol–water partition coefficient (Wildman–Crippen LogP) is 4.45. The molecule has 3 aromatic rings. The van der Waals surface area contributed by atoms with Crippen molar-refractivity contribution in [2.45, 2.75) is 18.9 Å². The molecular weight excluding hydrogens is 573 g/mol. The molecule has 2 aliphatic heterocycles. The van der Waals surface area contributed by atoms with Gasteiger partial charge in [-0.2, -0.15) is 4.98 Å². The van der Waals surface area contributed by atoms with E-state index in [1.165, 1.54) is 6.20 Å². The Bertz CT molecular complexity index is 1410. The summed E-state index contributed by atoms with van der Waals surface area (Å²) < 4.78 is 18.8. The number of nitrogens with zero attached hydrogens (tertiary/aromatic N) is 5. The molecule has 0 aliphatic carbocycles. The molecule has 2 aromatic carbocycles. The number of nitrogens with one attached hydrogen (secondary N) is 2. The molecule has 2 fully saturated rings. The van der Waals surface area contributed by atoms with E-state index in [1.807, 2.05) is 36.4 Å². The Morgan fingerprint density at radius 2 is 1.79 bits per heavy atom. The molecule has 0 bridgehead atoms. The maximum Gasteiger partial charge on any atom is 0.229 e. The van der Waals surface area contributed by atoms with Crippen LogP contribution in [0.25, 0.3) is 0 Å². The Hall–Kier alpha value is -2.88. The third-order valence-electron chi connectivity index (χ3n) is 7.91. The summed E-state index contributed by atoms with van der Waals surface area (Å²) in [6.07, 6.45) is 3.76. The van der Waals surface area contributed by atoms with Crippen LogP contribution in [0.4, 0.5) is 28.8 Å². The zero-order chi connectivity index (χ0) is 29.7. The second kappa shape index (κ2) is 13.6. The van der Waals surface area contributed by atoms with Crippen molar-refractivity contribution in [1.29, 1.82) is 0 Å². The number of benzene rings is 2. The SMILES string of the molecule is CN1CCN(C2CCN(c3ccc(Nc4ncc(Cl)c(Nc5ccccc5P(C)(C)=O)n4)cc3OCCO)CC2)CC1. The number of rotatable bonds is 10. The van der Waals surface area contributed by atoms with Gasteiger partial charge in [0.15, 0.2) is 5.82 Å². The van der Waals surface area contributed by atoms with E-state index in [-0.39, 0.29) is 13.2 Å². The minimum absolute atomic E-state index is 0.0676. The van der Waals surface area contributed by atoms with Crippen LogP contribution in [-0.4, -0.2) is 104 Å². The molecule has 0 unspecified atom stereocenters. The Morgan fingerprint density at radius 3 is 2.50 bits per heavy atom. The van der Waals surface area contributed by atoms with Crippen LogP contribution in [0.3, 0.4) is 0 Å². The van der Waals surface area contributed by atoms with Crippen molar-refractivity contribution in [2.75, 3.05) is 88.4 Å². The molecule has 0 spiro atoms. The molecule has 2 saturated heterocycles. The summed E-state index contributed by atoms with van der Waals surface area (Å²) in [5.74, 6) is 1.46. The molecule has 3 heterocycles. The summed E-state index contributed by atoms with van der Waals surface area (Å²) in [6.45, 7) is 10.1. The second-order valence-electron chi connectivity index (χ2n) is 11.3. The predicted molar refractivity (Wildman–Crippen MR) is 172 cm³/mol. The number of aliphatic hydroxyl groups is 1. The average Bonchev–Trinajstić information content (AvgIpc) is 2.98. The number of likely N-dealkylation sites (N-methyl/N-ethyl adjacent to an activating group) is 1. The van der Waals surface area contributed by atoms with Gasteiger partial charge in [0.2, 0.25) is 5.95 Å². The fraction of sp³-hybridized carbons (Fsp3) is 0.467. The summed E-state index contributed by atoms with van der Waals surface area (Å²) >= 11 is 6.43. The molecule has 0 amide bonds. The van der Waals surface area contributed by atoms with Crippen LogP contribution in [0.1, 0.15) is 12.8 Å². The number of aromatic nitrogens is 2. The monoisotopic (exact) mass is 613 g/mol. The van der Waals surface area contributed by atoms with E-state index < -0.39 is 7.14 Å². The third kappa shape index (κ3) is 7.54. The molecule has 226 valence electrons. The quantitative estimate of drug-likeness (QED) is 0.284. The number of piperidine rings is 1. The van der Waals surface area contributed by atoms with Gasteiger partial charge in [0.05, 0.1) is 24.2 Å². The number of halogens is 1. The van der Waals surface area contributed by atoms with Crippen LogP contribution < -0.4 is 25.6 Å². The molecule has 0 saturated carbocycles. The second-order valence-corrected chi connectivity index (χ2v) is 14.9. The fourth-order valence-electron chi connectivity index (χ4n) is 5.60. The van der Waals surface area contributed by atoms with Crippen LogP contribution >= 0.6 is 18.7 Å². The number of anilines is 5. The lowest BCUT2D eigenvalue weighted by Crippen LogP contribution is -2.52. The summed E-state index contributed by atoms with van der Waals surface area (Å²) in [4.78, 5) is 16.4. The van der Waals surface area contributed by atoms with Gasteiger partial charge in [-0.05, 0) is 57.5 Å². The lowest BCUT2D eigenvalue weighted by atomic mass is 10.0. The van der Waals surface area contributed by atoms with Crippen LogP contribution in [-0.2, 0) is 4.57 Å². The van der Waals surface area contributed by atoms with Gasteiger partial charge in [-0.25, -0.2) is 4.98 Å². The Morgan fingerprint density at radius 1 is 1.05 bits per heavy atom. The van der Waals surface area contributed by atoms with Gasteiger partial charge in [0.25, 0.3) is 0 Å². The first-order valence-corrected chi connectivity index (χ1v) is 17.5. The first kappa shape index (κ1) is 30.6. The Kier molecular flexibility index (Phi) is 9.91. The van der Waals surface area contributed by atoms with E-state index in [4.69, 9.17) is 16.3 Å². The third-order valence-corrected chi connectivity index (χ3v) is 9.73. The van der Waals surface area contributed by atoms with E-state index in [0.717, 1.165) is 68.8 Å². The topological polar surface area (TPSA) is 106 Å². The van der Waals surface area contributed by atoms with Crippen molar-refractivity contribution < 1.29 is 14.4 Å². The molecule has 1 aromatic heterocycles. The van der Waals surface area contributed by atoms with E-state index in [1.54, 1.807) is 13.3 Å². The van der Waals surface area contributed by atoms with Gasteiger partial charge in [0.1, 0.15) is 24.5 Å². The highest BCUT2D eigenvalue weighted by atomic mass is 35.5. The Labute approximate surface area is 253 Å². The van der Waals surface area contributed by atoms with E-state index in [2.05, 4.69) is 48.4 Å². The van der Waals surface area contributed by atoms with Crippen molar-refractivity contribution in [3.8, 4) is 5.75 Å². The van der Waals surface area contributed by atoms with E-state index in [9.17, 15) is 9.67 Å². The van der Waals surface area contributed by atoms with Gasteiger partial charge < -0.3 is 34.8 Å². The van der Waals surface area contributed by atoms with Gasteiger partial charge in [0, 0.05) is 62.4 Å². The smallest absolute Gasteiger partial charge is 0.229 e. The van der Waals surface area contributed by atoms with Gasteiger partial charge in [-0.1, -0.05) is 23.7 Å². The fourth-order valence-corrected chi connectivity index (χ4v) is 6.90. The van der Waals surface area contributed by atoms with Crippen molar-refractivity contribution in [3.05, 3.63) is 53.7 Å². The molecule has 2 aliphatic rings. The molecule has 42 heavy (non-hydrogen) atoms. The minimum atomic E-state index is -2.52. The molecule has 10 nitrogen and oxygen atoms in total. The minimum Gasteiger partial charge on any atom is -0.489 e. The summed E-state index contributed by atoms with van der Waals surface area (Å²) in [7, 11) is -0.330. The number of para-hydroxylation sites is 1. The number of ether oxygens (including phenoxy) is 1. The normalized spacial score (nSPS) is 17.3. The number of hydrogen-bond donors (Lipinski definition) is 3. The van der Waals surface area contributed by atoms with Crippen molar-refractivity contribution in [1.82, 2.24) is 19.8 Å². The summed E-state index contributed by atoms with van der Waals surface area (Å²) in [5.41, 5.74) is 2.46. The van der Waals surface area contributed by atoms with Crippen LogP contribution in [0.2, 0.25) is 5.02 Å². The van der Waals surface area contributed by atoms with Crippen LogP contribution in [0, 0.1) is 0 Å². The molecular formula is C30H41ClN7O3P. The van der Waals surface area contributed by atoms with Crippen molar-refractivity contribution in [3.63, 3.8) is 0 Å². The first-order chi connectivity index (χ1) is 20.2. The lowest BCUT2D eigenvalue weighted by molar-refractivity contribution is 0.0981. The molecule has 3 N–H and O–H groups in total. The standard InChI is InChI=1S/C30H41ClN7O3P/c1-36-14-16-37(17-15-36)23-10-12-38(13-11-23)26-9-8-22(20-27(26)41-19-18-39)33-30-32-21-24(31)29(35-30)34-25-6-4-5-7-28(25)42(2,3)40/h4-9,20-21,23,39H,10-19H2,1-3H3,(H2,32,33,34,35). The number of aliphatic hydroxyl groups excluding tert-OH is 1. The maximum atomic E-state index is 12.8. The Balaban J connectivity index is 1.30. The lowest BCUT2D eigenvalue weighted by Gasteiger charge is -2.42. The summed E-state index contributed by atoms with van der Waals surface area (Å²) in [6, 6.07) is 14.0. The van der Waals surface area contributed by atoms with E-state index in [0.29, 0.717) is 34.3 Å². The largest absolute Gasteiger partial charge is 0.489 e. The highest BCUT2D eigenvalue weighted by molar-refractivity contribution is 7.70. The number of hydrogen-bond acceptors (Lipinski definition) is 10. The molecule has 12 heteroatoms. The maximum absolute atomic E-state index is 12.8. The van der Waals surface area contributed by atoms with Gasteiger partial charge >= 0.3 is 0 Å². The highest BCUT2D eigenvalue weighted by Crippen LogP contribution is 2.39. The molecule has 0 atom stereocenters. The zero-order valence-corrected chi connectivity index (χ0v) is 26.2. The van der Waals surface area contributed by atoms with Crippen molar-refractivity contribution in [2.24, 2.45) is 0 Å². The van der Waals surface area contributed by atoms with Crippen LogP contribution in [0.5, 0.6) is 5.75 Å². The molecule has 0 radical (unpaired) electrons. The van der Waals surface area contributed by atoms with E-state index >= 15 is 0 Å². The highest BCUT2D eigenvalue weighted by Gasteiger charge is 2.28. The summed E-state index contributed by atoms with van der Waals surface area (Å²) in [5, 5.41) is 17.0. The van der Waals surface area contributed by atoms with Crippen LogP contribution in [0.15, 0.2) is 48.7 Å². The van der Waals surface area contributed by atoms with Gasteiger partial charge in [-0.3, -0.25) is 4.90 Å². The first-order valence-electron chi connectivity index (χ1n) is 14.5. The number of piperazine rings is 1.